The summed E-state index contributed by atoms with van der Waals surface area (Å²) in [6.07, 6.45) is 3.63. The number of aromatic nitrogens is 3. The second-order valence-corrected chi connectivity index (χ2v) is 3.42. The van der Waals surface area contributed by atoms with E-state index in [4.69, 9.17) is 10.00 Å². The van der Waals surface area contributed by atoms with Crippen LogP contribution in [0.1, 0.15) is 21.6 Å². The molecule has 0 saturated heterocycles. The Morgan fingerprint density at radius 3 is 3.19 bits per heavy atom. The van der Waals surface area contributed by atoms with Crippen LogP contribution in [0, 0.1) is 11.3 Å². The van der Waals surface area contributed by atoms with Gasteiger partial charge in [0.15, 0.2) is 11.3 Å². The van der Waals surface area contributed by atoms with E-state index < -0.39 is 5.97 Å². The van der Waals surface area contributed by atoms with Gasteiger partial charge < -0.3 is 4.74 Å². The van der Waals surface area contributed by atoms with Crippen molar-refractivity contribution in [1.29, 1.82) is 5.26 Å². The maximum Gasteiger partial charge on any atom is 0.357 e. The first kappa shape index (κ1) is 8.85. The van der Waals surface area contributed by atoms with Gasteiger partial charge in [0.05, 0.1) is 12.8 Å². The molecule has 3 rings (SSSR count). The molecule has 16 heavy (non-hydrogen) atoms. The van der Waals surface area contributed by atoms with Gasteiger partial charge in [-0.2, -0.15) is 10.4 Å². The molecule has 1 aliphatic heterocycles. The predicted octanol–water partition coefficient (Wildman–Crippen LogP) is 0.314. The molecule has 3 heterocycles. The molecule has 2 aromatic rings. The monoisotopic (exact) mass is 214 g/mol. The number of fused-ring (bicyclic) bond motifs is 3. The van der Waals surface area contributed by atoms with Crippen LogP contribution in [-0.2, 0) is 11.2 Å². The van der Waals surface area contributed by atoms with Gasteiger partial charge in [0.1, 0.15) is 11.6 Å². The average Bonchev–Trinajstić information content (AvgIpc) is 2.72. The number of rotatable bonds is 0. The van der Waals surface area contributed by atoms with Crippen molar-refractivity contribution in [2.75, 3.05) is 6.61 Å². The fraction of sp³-hybridized carbons (Fsp3) is 0.200. The lowest BCUT2D eigenvalue weighted by atomic mass is 10.1. The van der Waals surface area contributed by atoms with Crippen molar-refractivity contribution in [2.45, 2.75) is 6.42 Å². The minimum Gasteiger partial charge on any atom is -0.461 e. The minimum absolute atomic E-state index is 0.348. The van der Waals surface area contributed by atoms with E-state index in [0.717, 1.165) is 5.56 Å². The Morgan fingerprint density at radius 2 is 2.38 bits per heavy atom. The molecule has 0 bridgehead atoms. The third kappa shape index (κ3) is 1.02. The lowest BCUT2D eigenvalue weighted by Gasteiger charge is -2.15. The van der Waals surface area contributed by atoms with Gasteiger partial charge in [0, 0.05) is 18.2 Å². The van der Waals surface area contributed by atoms with Gasteiger partial charge in [0.25, 0.3) is 0 Å². The Morgan fingerprint density at radius 1 is 1.50 bits per heavy atom. The third-order valence-corrected chi connectivity index (χ3v) is 2.52. The van der Waals surface area contributed by atoms with Gasteiger partial charge in [-0.15, -0.1) is 0 Å². The quantitative estimate of drug-likeness (QED) is 0.590. The highest BCUT2D eigenvalue weighted by molar-refractivity contribution is 5.90. The molecule has 78 valence electrons. The van der Waals surface area contributed by atoms with Crippen molar-refractivity contribution in [1.82, 2.24) is 14.6 Å². The highest BCUT2D eigenvalue weighted by Gasteiger charge is 2.24. The van der Waals surface area contributed by atoms with Crippen LogP contribution in [0.25, 0.3) is 5.65 Å². The molecular formula is C10H6N4O2. The van der Waals surface area contributed by atoms with Gasteiger partial charge in [0.2, 0.25) is 0 Å². The lowest BCUT2D eigenvalue weighted by Crippen LogP contribution is -2.22. The third-order valence-electron chi connectivity index (χ3n) is 2.52. The van der Waals surface area contributed by atoms with Gasteiger partial charge in [-0.3, -0.25) is 0 Å². The number of hydrogen-bond acceptors (Lipinski definition) is 5. The molecule has 0 atom stereocenters. The second-order valence-electron chi connectivity index (χ2n) is 3.42. The van der Waals surface area contributed by atoms with Crippen molar-refractivity contribution in [3.63, 3.8) is 0 Å². The Balaban J connectivity index is 2.40. The number of carbonyl (C=O) groups excluding carboxylic acids is 1. The smallest absolute Gasteiger partial charge is 0.357 e. The molecule has 0 amide bonds. The van der Waals surface area contributed by atoms with Crippen LogP contribution >= 0.6 is 0 Å². The molecule has 0 N–H and O–H groups in total. The first-order chi connectivity index (χ1) is 7.81. The number of nitrogens with zero attached hydrogens (tertiary/aromatic N) is 4. The molecule has 6 nitrogen and oxygen atoms in total. The van der Waals surface area contributed by atoms with Crippen LogP contribution in [0.15, 0.2) is 12.4 Å². The van der Waals surface area contributed by atoms with Crippen LogP contribution in [0.5, 0.6) is 0 Å². The molecule has 6 heteroatoms. The number of cyclic esters (lactones) is 1. The molecule has 0 unspecified atom stereocenters. The van der Waals surface area contributed by atoms with Crippen molar-refractivity contribution in [3.05, 3.63) is 29.2 Å². The minimum atomic E-state index is -0.416. The fourth-order valence-electron chi connectivity index (χ4n) is 1.77. The first-order valence-corrected chi connectivity index (χ1v) is 4.74. The Labute approximate surface area is 90.1 Å². The van der Waals surface area contributed by atoms with Crippen molar-refractivity contribution in [2.24, 2.45) is 0 Å². The Hall–Kier alpha value is -2.42. The van der Waals surface area contributed by atoms with E-state index in [-0.39, 0.29) is 0 Å². The van der Waals surface area contributed by atoms with E-state index in [1.807, 2.05) is 6.07 Å². The summed E-state index contributed by atoms with van der Waals surface area (Å²) in [5, 5.41) is 12.8. The number of carbonyl (C=O) groups is 1. The molecule has 0 saturated carbocycles. The number of hydrogen-bond donors (Lipinski definition) is 0. The molecule has 2 aromatic heterocycles. The summed E-state index contributed by atoms with van der Waals surface area (Å²) in [6, 6.07) is 1.97. The molecule has 0 aliphatic carbocycles. The lowest BCUT2D eigenvalue weighted by molar-refractivity contribution is 0.0467. The van der Waals surface area contributed by atoms with E-state index in [1.54, 1.807) is 6.20 Å². The molecule has 1 aliphatic rings. The Kier molecular flexibility index (Phi) is 1.68. The van der Waals surface area contributed by atoms with E-state index in [9.17, 15) is 4.79 Å². The van der Waals surface area contributed by atoms with Gasteiger partial charge in [-0.05, 0) is 0 Å². The first-order valence-electron chi connectivity index (χ1n) is 4.74. The van der Waals surface area contributed by atoms with Crippen LogP contribution in [-0.4, -0.2) is 27.2 Å². The number of esters is 1. The van der Waals surface area contributed by atoms with Gasteiger partial charge in [-0.25, -0.2) is 14.3 Å². The topological polar surface area (TPSA) is 80.3 Å². The standard InChI is InChI=1S/C10H6N4O2/c11-3-7-5-13-14-8-6(4-12-9(7)14)1-2-16-10(8)15/h4-5H,1-2H2. The predicted molar refractivity (Wildman–Crippen MR) is 51.7 cm³/mol. The molecule has 0 aromatic carbocycles. The summed E-state index contributed by atoms with van der Waals surface area (Å²) in [5.41, 5.74) is 1.91. The zero-order valence-electron chi connectivity index (χ0n) is 8.17. The van der Waals surface area contributed by atoms with E-state index >= 15 is 0 Å². The van der Waals surface area contributed by atoms with Gasteiger partial charge >= 0.3 is 5.97 Å². The van der Waals surface area contributed by atoms with Crippen molar-refractivity contribution < 1.29 is 9.53 Å². The maximum absolute atomic E-state index is 11.6. The zero-order chi connectivity index (χ0) is 11.1. The molecule has 0 fully saturated rings. The van der Waals surface area contributed by atoms with Crippen LogP contribution in [0.4, 0.5) is 0 Å². The summed E-state index contributed by atoms with van der Waals surface area (Å²) in [4.78, 5) is 15.7. The fourth-order valence-corrected chi connectivity index (χ4v) is 1.77. The SMILES string of the molecule is N#Cc1cnn2c3c(cnc12)CCOC3=O. The van der Waals surface area contributed by atoms with E-state index in [0.29, 0.717) is 29.9 Å². The summed E-state index contributed by atoms with van der Waals surface area (Å²) in [7, 11) is 0. The van der Waals surface area contributed by atoms with Crippen LogP contribution in [0.2, 0.25) is 0 Å². The van der Waals surface area contributed by atoms with Gasteiger partial charge in [-0.1, -0.05) is 0 Å². The zero-order valence-corrected chi connectivity index (χ0v) is 8.17. The summed E-state index contributed by atoms with van der Waals surface area (Å²) in [5.74, 6) is -0.416. The highest BCUT2D eigenvalue weighted by atomic mass is 16.5. The normalized spacial score (nSPS) is 14.3. The van der Waals surface area contributed by atoms with E-state index in [1.165, 1.54) is 10.7 Å². The number of nitriles is 1. The molecular weight excluding hydrogens is 208 g/mol. The maximum atomic E-state index is 11.6. The van der Waals surface area contributed by atoms with Crippen LogP contribution < -0.4 is 0 Å². The summed E-state index contributed by atoms with van der Waals surface area (Å²) < 4.78 is 6.32. The van der Waals surface area contributed by atoms with Crippen molar-refractivity contribution in [3.8, 4) is 6.07 Å². The Bertz CT molecular complexity index is 638. The average molecular weight is 214 g/mol. The van der Waals surface area contributed by atoms with E-state index in [2.05, 4.69) is 10.1 Å². The van der Waals surface area contributed by atoms with Crippen LogP contribution in [0.3, 0.4) is 0 Å². The summed E-state index contributed by atoms with van der Waals surface area (Å²) in [6.45, 7) is 0.366. The largest absolute Gasteiger partial charge is 0.461 e. The molecule has 0 radical (unpaired) electrons. The summed E-state index contributed by atoms with van der Waals surface area (Å²) >= 11 is 0. The molecule has 0 spiro atoms. The van der Waals surface area contributed by atoms with Crippen molar-refractivity contribution >= 4 is 11.6 Å². The highest BCUT2D eigenvalue weighted by Crippen LogP contribution is 2.18. The number of ether oxygens (including phenoxy) is 1. The second kappa shape index (κ2) is 3.03.